The number of imide groups is 1. The normalized spacial score (nSPS) is 11.2. The molecule has 0 atom stereocenters. The minimum atomic E-state index is -0.828. The number of nitrogens with zero attached hydrogens (tertiary/aromatic N) is 8. The summed E-state index contributed by atoms with van der Waals surface area (Å²) >= 11 is 9.07. The fourth-order valence-corrected chi connectivity index (χ4v) is 11.1. The number of carbonyl (C=O) groups excluding carboxylic acids is 6. The zero-order valence-corrected chi connectivity index (χ0v) is 75.8. The number of nitro groups is 5. The number of nitrogens with two attached hydrogens (primary N) is 3. The van der Waals surface area contributed by atoms with Gasteiger partial charge in [-0.05, 0) is 178 Å². The van der Waals surface area contributed by atoms with Gasteiger partial charge in [0.25, 0.3) is 40.3 Å². The Hall–Kier alpha value is -14.2. The highest BCUT2D eigenvalue weighted by Crippen LogP contribution is 2.29. The third kappa shape index (κ3) is 37.6. The molecule has 0 bridgehead atoms. The molecule has 0 spiro atoms. The topological polar surface area (TPSA) is 481 Å². The average molecular weight is 1920 g/mol. The van der Waals surface area contributed by atoms with Gasteiger partial charge < -0.3 is 47.4 Å². The van der Waals surface area contributed by atoms with Crippen LogP contribution in [0.4, 0.5) is 79.2 Å². The number of nitrogens with one attached hydrogen (secondary N) is 3. The Kier molecular flexibility index (Phi) is 41.6. The zero-order valence-electron chi connectivity index (χ0n) is 73.4. The number of amides is 5. The monoisotopic (exact) mass is 1910 g/mol. The Balaban J connectivity index is 0.000000316. The van der Waals surface area contributed by atoms with Crippen molar-refractivity contribution in [3.8, 4) is 5.69 Å². The van der Waals surface area contributed by atoms with Gasteiger partial charge in [0.05, 0.1) is 89.7 Å². The van der Waals surface area contributed by atoms with Crippen molar-refractivity contribution in [1.29, 1.82) is 0 Å². The maximum Gasteiger partial charge on any atom is 0.407 e. The number of benzene rings is 9. The van der Waals surface area contributed by atoms with E-state index in [1.165, 1.54) is 91.9 Å². The summed E-state index contributed by atoms with van der Waals surface area (Å²) in [4.78, 5) is 119. The number of carbonyl (C=O) groups is 6. The van der Waals surface area contributed by atoms with Gasteiger partial charge in [-0.3, -0.25) is 69.9 Å². The first-order chi connectivity index (χ1) is 60.9. The van der Waals surface area contributed by atoms with Gasteiger partial charge >= 0.3 is 18.3 Å². The molecule has 9 aromatic carbocycles. The van der Waals surface area contributed by atoms with Crippen LogP contribution in [0.2, 0.25) is 5.02 Å². The fourth-order valence-electron chi connectivity index (χ4n) is 10.4. The Morgan fingerprint density at radius 2 is 0.809 bits per heavy atom. The van der Waals surface area contributed by atoms with Crippen LogP contribution in [0.25, 0.3) is 5.69 Å². The highest BCUT2D eigenvalue weighted by atomic mass is 79.9. The van der Waals surface area contributed by atoms with Crippen LogP contribution in [-0.4, -0.2) is 92.0 Å². The van der Waals surface area contributed by atoms with Gasteiger partial charge in [0, 0.05) is 119 Å². The minimum absolute atomic E-state index is 0.00768. The lowest BCUT2D eigenvalue weighted by Gasteiger charge is -2.19. The number of aryl methyl sites for hydroxylation is 1. The number of nitrogen functional groups attached to an aromatic ring is 1. The molecular weight excluding hydrogens is 1820 g/mol. The molecule has 0 fully saturated rings. The molecule has 0 radical (unpaired) electrons. The molecule has 42 heteroatoms. The summed E-state index contributed by atoms with van der Waals surface area (Å²) < 4.78 is 110. The number of Topliss-reactive ketones (excluding diaryl/α,β-unsaturated/α-hetero) is 1. The number of rotatable bonds is 19. The van der Waals surface area contributed by atoms with Crippen LogP contribution in [0.1, 0.15) is 167 Å². The molecule has 5 amide bonds. The molecule has 2 heterocycles. The first-order valence-corrected chi connectivity index (χ1v) is 40.5. The predicted octanol–water partition coefficient (Wildman–Crippen LogP) is 19.8. The van der Waals surface area contributed by atoms with E-state index in [9.17, 15) is 110 Å². The summed E-state index contributed by atoms with van der Waals surface area (Å²) in [5.41, 5.74) is 19.7. The summed E-state index contributed by atoms with van der Waals surface area (Å²) in [6, 6.07) is 41.8. The molecule has 9 N–H and O–H groups in total. The summed E-state index contributed by atoms with van der Waals surface area (Å²) in [6.07, 6.45) is -1.64. The molecule has 33 nitrogen and oxygen atoms in total. The largest absolute Gasteiger partial charge is 0.444 e. The van der Waals surface area contributed by atoms with Crippen LogP contribution in [-0.2, 0) is 75.4 Å². The fraction of sp³-hybridized carbons (Fsp3) is 0.292. The van der Waals surface area contributed by atoms with Crippen LogP contribution in [0.5, 0.6) is 0 Å². The molecule has 1 aliphatic rings. The van der Waals surface area contributed by atoms with Gasteiger partial charge in [0.15, 0.2) is 0 Å². The van der Waals surface area contributed by atoms with E-state index in [1.54, 1.807) is 99.6 Å². The predicted molar refractivity (Wildman–Crippen MR) is 477 cm³/mol. The van der Waals surface area contributed by atoms with Gasteiger partial charge in [0.1, 0.15) is 63.3 Å². The molecule has 131 heavy (non-hydrogen) atoms. The van der Waals surface area contributed by atoms with Crippen molar-refractivity contribution < 1.29 is 98.3 Å². The molecule has 1 aromatic heterocycles. The van der Waals surface area contributed by atoms with Crippen molar-refractivity contribution in [3.05, 3.63) is 345 Å². The number of ketones is 1. The lowest BCUT2D eigenvalue weighted by molar-refractivity contribution is -0.385. The van der Waals surface area contributed by atoms with E-state index in [-0.39, 0.29) is 107 Å². The van der Waals surface area contributed by atoms with Gasteiger partial charge in [0.2, 0.25) is 0 Å². The number of ether oxygens (including phenoxy) is 3. The molecule has 700 valence electrons. The lowest BCUT2D eigenvalue weighted by atomic mass is 9.92. The van der Waals surface area contributed by atoms with E-state index < -0.39 is 112 Å². The van der Waals surface area contributed by atoms with E-state index in [0.29, 0.717) is 50.4 Å². The van der Waals surface area contributed by atoms with Crippen LogP contribution in [0.3, 0.4) is 0 Å². The van der Waals surface area contributed by atoms with Crippen molar-refractivity contribution in [2.45, 2.75) is 170 Å². The van der Waals surface area contributed by atoms with E-state index in [1.807, 2.05) is 28.9 Å². The minimum Gasteiger partial charge on any atom is -0.444 e. The second-order valence-electron chi connectivity index (χ2n) is 32.0. The second kappa shape index (κ2) is 50.0. The smallest absolute Gasteiger partial charge is 0.407 e. The van der Waals surface area contributed by atoms with Crippen molar-refractivity contribution in [2.75, 3.05) is 5.73 Å². The number of non-ortho nitro benzene ring substituents is 5. The van der Waals surface area contributed by atoms with E-state index in [0.717, 1.165) is 58.4 Å². The molecule has 1 aliphatic heterocycles. The zero-order chi connectivity index (χ0) is 98.9. The van der Waals surface area contributed by atoms with Crippen molar-refractivity contribution in [1.82, 2.24) is 30.6 Å². The first-order valence-electron chi connectivity index (χ1n) is 39.0. The van der Waals surface area contributed by atoms with E-state index in [4.69, 9.17) is 43.0 Å². The number of hydrogen-bond acceptors (Lipinski definition) is 23. The maximum absolute atomic E-state index is 13.9. The van der Waals surface area contributed by atoms with Crippen molar-refractivity contribution in [3.63, 3.8) is 0 Å². The SMILES string of the molecule is CC(=O)Cc1ccc(CNC(=O)OC(C)(C)C)c(F)c1.CC(C)(C)OC(=O)NCc1ccc(N)cc1F.CC(C)(C)OC(=O)NCc1ccc([N+](=O)[O-])cc1F.CC(C)(C)c1cc(CN)n(-c2cccc(Cl)c2)n1.Cc1ccc([N+](=O)[O-])cc1F.NCc1ccc([N+](=O)[O-])cc1F.O=C1c2ccccc2C(=O)N1Cc1ccc([N+](=O)[O-])cc1F.O=[N+]([O-])c1ccc(CBr)c(F)c1. The summed E-state index contributed by atoms with van der Waals surface area (Å²) in [5.74, 6) is -5.22. The van der Waals surface area contributed by atoms with Gasteiger partial charge in [-0.15, -0.1) is 0 Å². The summed E-state index contributed by atoms with van der Waals surface area (Å²) in [5, 5.41) is 64.5. The Labute approximate surface area is 761 Å². The average Bonchev–Trinajstić information content (AvgIpc) is 1.63. The van der Waals surface area contributed by atoms with Crippen LogP contribution in [0.15, 0.2) is 182 Å². The van der Waals surface area contributed by atoms with E-state index in [2.05, 4.69) is 63.8 Å². The van der Waals surface area contributed by atoms with Crippen molar-refractivity contribution in [2.24, 2.45) is 11.5 Å². The van der Waals surface area contributed by atoms with Gasteiger partial charge in [-0.1, -0.05) is 84.7 Å². The third-order valence-electron chi connectivity index (χ3n) is 16.9. The number of alkyl halides is 1. The Bertz CT molecular complexity index is 5670. The molecule has 0 aliphatic carbocycles. The number of alkyl carbamates (subject to hydrolysis) is 3. The molecule has 11 rings (SSSR count). The summed E-state index contributed by atoms with van der Waals surface area (Å²) in [7, 11) is 0. The van der Waals surface area contributed by atoms with Gasteiger partial charge in [-0.2, -0.15) is 5.10 Å². The maximum atomic E-state index is 13.9. The molecule has 0 unspecified atom stereocenters. The number of fused-ring (bicyclic) bond motifs is 1. The first kappa shape index (κ1) is 109. The second-order valence-corrected chi connectivity index (χ2v) is 33.0. The van der Waals surface area contributed by atoms with Gasteiger partial charge in [-0.25, -0.2) is 49.8 Å². The molecule has 0 saturated carbocycles. The quantitative estimate of drug-likeness (QED) is 0.00833. The van der Waals surface area contributed by atoms with Crippen LogP contribution >= 0.6 is 27.5 Å². The van der Waals surface area contributed by atoms with Crippen LogP contribution < -0.4 is 33.2 Å². The molecule has 10 aromatic rings. The number of nitro benzene ring substituents is 5. The number of anilines is 1. The Morgan fingerprint density at radius 3 is 1.15 bits per heavy atom. The highest BCUT2D eigenvalue weighted by molar-refractivity contribution is 9.08. The third-order valence-corrected chi connectivity index (χ3v) is 17.7. The number of hydrogen-bond donors (Lipinski definition) is 6. The lowest BCUT2D eigenvalue weighted by Crippen LogP contribution is -2.32. The van der Waals surface area contributed by atoms with Crippen molar-refractivity contribution >= 4 is 97.5 Å². The molecular formula is C89H97BrClF7N14O19. The summed E-state index contributed by atoms with van der Waals surface area (Å²) in [6.45, 7) is 25.3. The van der Waals surface area contributed by atoms with E-state index >= 15 is 0 Å². The molecule has 0 saturated heterocycles. The standard InChI is InChI=1S/C15H9FN2O4.C15H20FNO3.C14H18ClN3.C12H15FN2O4.C12H17FN2O2.C7H5BrFNO2.C7H7FN2O2.C7H6FNO2/c16-13-7-10(18(21)22)6-5-9(13)8-17-14(19)11-3-1-2-4-12(11)15(17)20;1-10(18)7-11-5-6-12(13(16)8-11)9-17-14(19)20-15(2,3)4;1-14(2,3)13-8-12(9-16)18(17-13)11-6-4-5-10(15)7-11;1-12(2,3)19-11(16)14-7-8-4-5-9(15(17)18)6-10(8)13;1-12(2,3)17-11(16)15-7-8-4-5-9(14)6-10(8)13;8-4-5-1-2-6(10(11)12)3-7(5)9;8-7-3-6(10(11)12)2-1-5(7)4-9;1-5-2-3-6(9(10)11)4-7(5)8/h1-7H,8H2;5-6,8H,7,9H2,1-4H3,(H,17,19);4-8H,9,16H2,1-3H3;4-6H,7H2,1-3H3,(H,14,16);4-6H,7,14H2,1-3H3,(H,15,16);1-3H,4H2;1-3H,4,9H2;2-4H,1H3. The number of halogens is 9. The van der Waals surface area contributed by atoms with Crippen LogP contribution in [0, 0.1) is 98.2 Å². The Morgan fingerprint density at radius 1 is 0.450 bits per heavy atom. The highest BCUT2D eigenvalue weighted by Gasteiger charge is 2.36. The number of aromatic nitrogens is 2.